The Morgan fingerprint density at radius 3 is 1.23 bits per heavy atom. The highest BCUT2D eigenvalue weighted by molar-refractivity contribution is 5.70. The van der Waals surface area contributed by atoms with E-state index in [1.54, 1.807) is 0 Å². The van der Waals surface area contributed by atoms with E-state index < -0.39 is 6.10 Å². The van der Waals surface area contributed by atoms with Gasteiger partial charge in [0.05, 0.1) is 6.61 Å². The van der Waals surface area contributed by atoms with Crippen LogP contribution in [0, 0.1) is 0 Å². The van der Waals surface area contributed by atoms with Crippen LogP contribution >= 0.6 is 0 Å². The zero-order valence-electron chi connectivity index (χ0n) is 36.6. The molecule has 0 aliphatic rings. The Labute approximate surface area is 346 Å². The second-order valence-electron chi connectivity index (χ2n) is 15.4. The van der Waals surface area contributed by atoms with E-state index in [9.17, 15) is 14.7 Å². The number of hydrogen-bond donors (Lipinski definition) is 1. The molecule has 0 unspecified atom stereocenters. The molecule has 0 fully saturated rings. The highest BCUT2D eigenvalue weighted by Crippen LogP contribution is 2.15. The number of rotatable bonds is 42. The minimum atomic E-state index is -0.804. The van der Waals surface area contributed by atoms with Gasteiger partial charge in [0.1, 0.15) is 6.61 Å². The Morgan fingerprint density at radius 1 is 0.429 bits per heavy atom. The smallest absolute Gasteiger partial charge is 0.306 e. The van der Waals surface area contributed by atoms with Crippen molar-refractivity contribution >= 4 is 11.9 Å². The maximum absolute atomic E-state index is 12.2. The number of carbonyl (C=O) groups is 2. The van der Waals surface area contributed by atoms with Crippen molar-refractivity contribution in [1.82, 2.24) is 0 Å². The molecule has 5 heteroatoms. The van der Waals surface area contributed by atoms with E-state index in [0.29, 0.717) is 19.3 Å². The molecule has 0 aliphatic carbocycles. The second-order valence-corrected chi connectivity index (χ2v) is 15.4. The molecule has 0 heterocycles. The van der Waals surface area contributed by atoms with Crippen LogP contribution < -0.4 is 0 Å². The van der Waals surface area contributed by atoms with Gasteiger partial charge in [0.15, 0.2) is 6.10 Å². The Morgan fingerprint density at radius 2 is 0.786 bits per heavy atom. The van der Waals surface area contributed by atoms with Crippen molar-refractivity contribution in [2.45, 2.75) is 225 Å². The maximum Gasteiger partial charge on any atom is 0.306 e. The van der Waals surface area contributed by atoms with E-state index >= 15 is 0 Å². The van der Waals surface area contributed by atoms with Gasteiger partial charge < -0.3 is 14.6 Å². The predicted octanol–water partition coefficient (Wildman–Crippen LogP) is 15.3. The summed E-state index contributed by atoms with van der Waals surface area (Å²) in [5, 5.41) is 9.59. The topological polar surface area (TPSA) is 72.8 Å². The summed E-state index contributed by atoms with van der Waals surface area (Å²) in [5.41, 5.74) is 0. The van der Waals surface area contributed by atoms with Gasteiger partial charge >= 0.3 is 11.9 Å². The van der Waals surface area contributed by atoms with Crippen molar-refractivity contribution in [1.29, 1.82) is 0 Å². The number of esters is 2. The number of hydrogen-bond acceptors (Lipinski definition) is 5. The summed E-state index contributed by atoms with van der Waals surface area (Å²) in [5.74, 6) is -0.665. The molecule has 322 valence electrons. The lowest BCUT2D eigenvalue weighted by Gasteiger charge is -2.15. The first-order valence-electron chi connectivity index (χ1n) is 23.5. The standard InChI is InChI=1S/C51H88O5/c1-3-5-7-9-11-13-15-17-19-21-23-24-25-26-28-30-32-34-36-38-40-42-44-46-51(54)56-49(47-52)48-55-50(53)45-43-41-39-37-35-33-31-29-27-22-20-18-16-14-12-10-8-6-4-2/h6,8,12,14,18,20,27,29,33,35,38,40,49,52H,3-5,7,9-11,13,15-17,19,21-26,28,30-32,34,36-37,39,41-48H2,1-2H3/b8-6+,14-12+,20-18+,29-27+,35-33+,40-38+/t49-/m0/s1. The number of allylic oxidation sites excluding steroid dienone is 12. The number of ether oxygens (including phenoxy) is 2. The third-order valence-corrected chi connectivity index (χ3v) is 9.98. The molecule has 0 aromatic carbocycles. The minimum Gasteiger partial charge on any atom is -0.462 e. The summed E-state index contributed by atoms with van der Waals surface area (Å²) >= 11 is 0. The minimum absolute atomic E-state index is 0.0968. The summed E-state index contributed by atoms with van der Waals surface area (Å²) in [6.45, 7) is 3.99. The van der Waals surface area contributed by atoms with Crippen molar-refractivity contribution < 1.29 is 24.2 Å². The molecule has 0 rings (SSSR count). The first-order chi connectivity index (χ1) is 27.6. The van der Waals surface area contributed by atoms with Gasteiger partial charge in [-0.2, -0.15) is 0 Å². The molecule has 0 aromatic heterocycles. The largest absolute Gasteiger partial charge is 0.462 e. The summed E-state index contributed by atoms with van der Waals surface area (Å²) < 4.78 is 10.6. The first kappa shape index (κ1) is 53.3. The molecule has 0 spiro atoms. The third-order valence-electron chi connectivity index (χ3n) is 9.98. The molecule has 1 N–H and O–H groups in total. The Bertz CT molecular complexity index is 1020. The van der Waals surface area contributed by atoms with E-state index in [4.69, 9.17) is 9.47 Å². The predicted molar refractivity (Wildman–Crippen MR) is 242 cm³/mol. The summed E-state index contributed by atoms with van der Waals surface area (Å²) in [6.07, 6.45) is 62.8. The number of aliphatic hydroxyl groups excluding tert-OH is 1. The van der Waals surface area contributed by atoms with Gasteiger partial charge in [-0.05, 0) is 77.0 Å². The van der Waals surface area contributed by atoms with Crippen LogP contribution in [0.1, 0.15) is 219 Å². The number of aliphatic hydroxyl groups is 1. The van der Waals surface area contributed by atoms with Crippen LogP contribution in [-0.2, 0) is 19.1 Å². The van der Waals surface area contributed by atoms with Crippen molar-refractivity contribution in [3.8, 4) is 0 Å². The molecule has 1 atom stereocenters. The molecular weight excluding hydrogens is 693 g/mol. The van der Waals surface area contributed by atoms with Crippen LogP contribution in [-0.4, -0.2) is 36.4 Å². The van der Waals surface area contributed by atoms with Gasteiger partial charge in [-0.1, -0.05) is 202 Å². The molecule has 0 aliphatic heterocycles. The molecule has 56 heavy (non-hydrogen) atoms. The van der Waals surface area contributed by atoms with E-state index in [1.165, 1.54) is 116 Å². The van der Waals surface area contributed by atoms with Crippen LogP contribution in [0.3, 0.4) is 0 Å². The second kappa shape index (κ2) is 46.7. The fourth-order valence-corrected chi connectivity index (χ4v) is 6.47. The SMILES string of the molecule is CC/C=C/C/C=C/C/C=C/C/C=C/C/C=C/CCCCCC(=O)OC[C@H](CO)OC(=O)CCC/C=C/CCCCCCCCCCCCCCCCCCCC. The van der Waals surface area contributed by atoms with Crippen LogP contribution in [0.25, 0.3) is 0 Å². The van der Waals surface area contributed by atoms with Crippen LogP contribution in [0.15, 0.2) is 72.9 Å². The molecule has 0 radical (unpaired) electrons. The van der Waals surface area contributed by atoms with Crippen LogP contribution in [0.5, 0.6) is 0 Å². The monoisotopic (exact) mass is 781 g/mol. The van der Waals surface area contributed by atoms with E-state index in [2.05, 4.69) is 86.8 Å². The zero-order valence-corrected chi connectivity index (χ0v) is 36.6. The number of carbonyl (C=O) groups excluding carboxylic acids is 2. The normalized spacial score (nSPS) is 12.8. The van der Waals surface area contributed by atoms with Crippen molar-refractivity contribution in [3.05, 3.63) is 72.9 Å². The molecule has 0 saturated carbocycles. The van der Waals surface area contributed by atoms with Gasteiger partial charge in [-0.25, -0.2) is 0 Å². The Balaban J connectivity index is 3.60. The van der Waals surface area contributed by atoms with Gasteiger partial charge in [-0.3, -0.25) is 9.59 Å². The van der Waals surface area contributed by atoms with Crippen molar-refractivity contribution in [3.63, 3.8) is 0 Å². The van der Waals surface area contributed by atoms with Crippen LogP contribution in [0.2, 0.25) is 0 Å². The first-order valence-corrected chi connectivity index (χ1v) is 23.5. The van der Waals surface area contributed by atoms with Crippen molar-refractivity contribution in [2.24, 2.45) is 0 Å². The quantitative estimate of drug-likeness (QED) is 0.0379. The number of unbranched alkanes of at least 4 members (excludes halogenated alkanes) is 22. The summed E-state index contributed by atoms with van der Waals surface area (Å²) in [4.78, 5) is 24.4. The van der Waals surface area contributed by atoms with Gasteiger partial charge in [0.2, 0.25) is 0 Å². The highest BCUT2D eigenvalue weighted by atomic mass is 16.6. The fourth-order valence-electron chi connectivity index (χ4n) is 6.47. The third kappa shape index (κ3) is 44.1. The summed E-state index contributed by atoms with van der Waals surface area (Å²) in [6, 6.07) is 0. The molecular formula is C51H88O5. The average molecular weight is 781 g/mol. The zero-order chi connectivity index (χ0) is 40.7. The van der Waals surface area contributed by atoms with Gasteiger partial charge in [0.25, 0.3) is 0 Å². The van der Waals surface area contributed by atoms with Crippen LogP contribution in [0.4, 0.5) is 0 Å². The van der Waals surface area contributed by atoms with Crippen molar-refractivity contribution in [2.75, 3.05) is 13.2 Å². The van der Waals surface area contributed by atoms with E-state index in [1.807, 2.05) is 0 Å². The Kier molecular flexibility index (Phi) is 44.5. The molecule has 0 bridgehead atoms. The van der Waals surface area contributed by atoms with Gasteiger partial charge in [0, 0.05) is 12.8 Å². The average Bonchev–Trinajstić information content (AvgIpc) is 3.20. The fraction of sp³-hybridized carbons (Fsp3) is 0.725. The lowest BCUT2D eigenvalue weighted by Crippen LogP contribution is -2.28. The Hall–Kier alpha value is -2.66. The highest BCUT2D eigenvalue weighted by Gasteiger charge is 2.16. The maximum atomic E-state index is 12.2. The summed E-state index contributed by atoms with van der Waals surface area (Å²) in [7, 11) is 0. The molecule has 0 amide bonds. The lowest BCUT2D eigenvalue weighted by atomic mass is 10.0. The van der Waals surface area contributed by atoms with E-state index in [0.717, 1.165) is 70.6 Å². The van der Waals surface area contributed by atoms with E-state index in [-0.39, 0.29) is 25.2 Å². The molecule has 0 saturated heterocycles. The lowest BCUT2D eigenvalue weighted by molar-refractivity contribution is -0.161. The molecule has 5 nitrogen and oxygen atoms in total. The van der Waals surface area contributed by atoms with Gasteiger partial charge in [-0.15, -0.1) is 0 Å². The molecule has 0 aromatic rings.